The first-order valence-electron chi connectivity index (χ1n) is 6.53. The van der Waals surface area contributed by atoms with Gasteiger partial charge in [0, 0.05) is 23.6 Å². The molecule has 0 spiro atoms. The molecule has 1 aromatic carbocycles. The highest BCUT2D eigenvalue weighted by molar-refractivity contribution is 7.99. The third-order valence-corrected chi connectivity index (χ3v) is 4.74. The van der Waals surface area contributed by atoms with E-state index in [0.29, 0.717) is 11.5 Å². The van der Waals surface area contributed by atoms with Crippen LogP contribution in [0.2, 0.25) is 0 Å². The van der Waals surface area contributed by atoms with Crippen LogP contribution in [0, 0.1) is 10.1 Å². The van der Waals surface area contributed by atoms with Crippen LogP contribution in [0.4, 0.5) is 5.69 Å². The summed E-state index contributed by atoms with van der Waals surface area (Å²) in [5.74, 6) is 2.84. The summed E-state index contributed by atoms with van der Waals surface area (Å²) in [6.45, 7) is 0. The smallest absolute Gasteiger partial charge is 0.280 e. The molecule has 2 unspecified atom stereocenters. The topological polar surface area (TPSA) is 94.1 Å². The molecule has 2 heterocycles. The van der Waals surface area contributed by atoms with Gasteiger partial charge in [0.2, 0.25) is 11.7 Å². The molecule has 21 heavy (non-hydrogen) atoms. The van der Waals surface area contributed by atoms with Crippen molar-refractivity contribution in [1.29, 1.82) is 0 Å². The number of benzene rings is 1. The standard InChI is InChI=1S/C13H14N4O3S/c1-14-10-7-21-6-9(10)13-15-12(16-20-13)8-4-2-3-5-11(8)17(18)19/h2-5,9-10,14H,6-7H2,1H3. The fraction of sp³-hybridized carbons (Fsp3) is 0.385. The Morgan fingerprint density at radius 3 is 3.00 bits per heavy atom. The van der Waals surface area contributed by atoms with E-state index >= 15 is 0 Å². The molecule has 0 bridgehead atoms. The lowest BCUT2D eigenvalue weighted by atomic mass is 10.0. The van der Waals surface area contributed by atoms with Crippen LogP contribution in [0.15, 0.2) is 28.8 Å². The van der Waals surface area contributed by atoms with Crippen molar-refractivity contribution in [3.63, 3.8) is 0 Å². The van der Waals surface area contributed by atoms with Gasteiger partial charge in [-0.3, -0.25) is 10.1 Å². The lowest BCUT2D eigenvalue weighted by Crippen LogP contribution is -2.31. The van der Waals surface area contributed by atoms with Crippen LogP contribution in [0.25, 0.3) is 11.4 Å². The summed E-state index contributed by atoms with van der Waals surface area (Å²) >= 11 is 1.82. The normalized spacial score (nSPS) is 21.6. The minimum Gasteiger partial charge on any atom is -0.339 e. The molecule has 0 radical (unpaired) electrons. The Hall–Kier alpha value is -1.93. The van der Waals surface area contributed by atoms with E-state index in [4.69, 9.17) is 4.52 Å². The van der Waals surface area contributed by atoms with Crippen molar-refractivity contribution >= 4 is 17.4 Å². The maximum absolute atomic E-state index is 11.1. The first-order valence-corrected chi connectivity index (χ1v) is 7.68. The van der Waals surface area contributed by atoms with Crippen molar-refractivity contribution in [2.45, 2.75) is 12.0 Å². The molecule has 0 aliphatic carbocycles. The average molecular weight is 306 g/mol. The average Bonchev–Trinajstić information content (AvgIpc) is 3.15. The highest BCUT2D eigenvalue weighted by Crippen LogP contribution is 2.34. The second-order valence-electron chi connectivity index (χ2n) is 4.77. The van der Waals surface area contributed by atoms with Gasteiger partial charge in [0.1, 0.15) is 5.56 Å². The van der Waals surface area contributed by atoms with E-state index in [1.807, 2.05) is 18.8 Å². The van der Waals surface area contributed by atoms with E-state index in [1.165, 1.54) is 6.07 Å². The lowest BCUT2D eigenvalue weighted by Gasteiger charge is -2.13. The van der Waals surface area contributed by atoms with Crippen molar-refractivity contribution in [3.05, 3.63) is 40.3 Å². The largest absolute Gasteiger partial charge is 0.339 e. The SMILES string of the molecule is CNC1CSCC1c1nc(-c2ccccc2[N+](=O)[O-])no1. The summed E-state index contributed by atoms with van der Waals surface area (Å²) < 4.78 is 5.33. The van der Waals surface area contributed by atoms with Gasteiger partial charge in [0.05, 0.1) is 10.8 Å². The van der Waals surface area contributed by atoms with Gasteiger partial charge in [-0.25, -0.2) is 0 Å². The minimum absolute atomic E-state index is 0.0178. The van der Waals surface area contributed by atoms with Crippen LogP contribution in [0.5, 0.6) is 0 Å². The number of likely N-dealkylation sites (N-methyl/N-ethyl adjacent to an activating group) is 1. The Morgan fingerprint density at radius 2 is 2.24 bits per heavy atom. The molecule has 0 saturated carbocycles. The first-order chi connectivity index (χ1) is 10.2. The highest BCUT2D eigenvalue weighted by Gasteiger charge is 2.33. The van der Waals surface area contributed by atoms with Gasteiger partial charge in [-0.2, -0.15) is 16.7 Å². The molecule has 1 saturated heterocycles. The molecule has 1 N–H and O–H groups in total. The molecule has 1 aliphatic rings. The van der Waals surface area contributed by atoms with E-state index < -0.39 is 4.92 Å². The molecule has 2 atom stereocenters. The second kappa shape index (κ2) is 5.82. The number of nitro benzene ring substituents is 1. The van der Waals surface area contributed by atoms with Crippen LogP contribution in [0.3, 0.4) is 0 Å². The van der Waals surface area contributed by atoms with Crippen molar-refractivity contribution in [3.8, 4) is 11.4 Å². The Kier molecular flexibility index (Phi) is 3.89. The molecular weight excluding hydrogens is 292 g/mol. The van der Waals surface area contributed by atoms with Gasteiger partial charge < -0.3 is 9.84 Å². The summed E-state index contributed by atoms with van der Waals surface area (Å²) in [7, 11) is 1.91. The maximum atomic E-state index is 11.1. The van der Waals surface area contributed by atoms with Gasteiger partial charge in [-0.05, 0) is 13.1 Å². The highest BCUT2D eigenvalue weighted by atomic mass is 32.2. The van der Waals surface area contributed by atoms with Crippen molar-refractivity contribution in [2.24, 2.45) is 0 Å². The van der Waals surface area contributed by atoms with Gasteiger partial charge in [0.15, 0.2) is 0 Å². The van der Waals surface area contributed by atoms with Gasteiger partial charge in [0.25, 0.3) is 5.69 Å². The zero-order valence-electron chi connectivity index (χ0n) is 11.4. The molecule has 1 fully saturated rings. The molecule has 8 heteroatoms. The Morgan fingerprint density at radius 1 is 1.43 bits per heavy atom. The van der Waals surface area contributed by atoms with Crippen molar-refractivity contribution in [1.82, 2.24) is 15.5 Å². The Labute approximate surface area is 125 Å². The number of hydrogen-bond donors (Lipinski definition) is 1. The zero-order valence-corrected chi connectivity index (χ0v) is 12.2. The zero-order chi connectivity index (χ0) is 14.8. The van der Waals surface area contributed by atoms with Gasteiger partial charge >= 0.3 is 0 Å². The number of rotatable bonds is 4. The second-order valence-corrected chi connectivity index (χ2v) is 5.84. The molecular formula is C13H14N4O3S. The molecule has 1 aromatic heterocycles. The number of para-hydroxylation sites is 1. The fourth-order valence-electron chi connectivity index (χ4n) is 2.40. The maximum Gasteiger partial charge on any atom is 0.280 e. The van der Waals surface area contributed by atoms with Crippen LogP contribution in [-0.4, -0.2) is 39.7 Å². The monoisotopic (exact) mass is 306 g/mol. The third kappa shape index (κ3) is 2.64. The van der Waals surface area contributed by atoms with Crippen molar-refractivity contribution < 1.29 is 9.45 Å². The van der Waals surface area contributed by atoms with Crippen LogP contribution in [0.1, 0.15) is 11.8 Å². The summed E-state index contributed by atoms with van der Waals surface area (Å²) in [5.41, 5.74) is 0.361. The van der Waals surface area contributed by atoms with Gasteiger partial charge in [-0.15, -0.1) is 0 Å². The first kappa shape index (κ1) is 14.0. The predicted octanol–water partition coefficient (Wildman–Crippen LogP) is 2.06. The number of thioether (sulfide) groups is 1. The molecule has 1 aliphatic heterocycles. The summed E-state index contributed by atoms with van der Waals surface area (Å²) in [4.78, 5) is 15.0. The van der Waals surface area contributed by atoms with Crippen LogP contribution in [-0.2, 0) is 0 Å². The van der Waals surface area contributed by atoms with Gasteiger partial charge in [-0.1, -0.05) is 17.3 Å². The molecule has 110 valence electrons. The van der Waals surface area contributed by atoms with Crippen LogP contribution >= 0.6 is 11.8 Å². The van der Waals surface area contributed by atoms with E-state index in [9.17, 15) is 10.1 Å². The summed E-state index contributed by atoms with van der Waals surface area (Å²) in [6, 6.07) is 6.70. The lowest BCUT2D eigenvalue weighted by molar-refractivity contribution is -0.384. The minimum atomic E-state index is -0.437. The summed E-state index contributed by atoms with van der Waals surface area (Å²) in [5, 5.41) is 18.2. The van der Waals surface area contributed by atoms with E-state index in [2.05, 4.69) is 15.5 Å². The number of hydrogen-bond acceptors (Lipinski definition) is 7. The predicted molar refractivity (Wildman–Crippen MR) is 79.3 cm³/mol. The fourth-order valence-corrected chi connectivity index (χ4v) is 3.82. The third-order valence-electron chi connectivity index (χ3n) is 3.55. The Bertz CT molecular complexity index is 660. The number of nitrogens with zero attached hydrogens (tertiary/aromatic N) is 3. The van der Waals surface area contributed by atoms with E-state index in [-0.39, 0.29) is 23.5 Å². The summed E-state index contributed by atoms with van der Waals surface area (Å²) in [6.07, 6.45) is 0. The molecule has 3 rings (SSSR count). The van der Waals surface area contributed by atoms with Crippen LogP contribution < -0.4 is 5.32 Å². The van der Waals surface area contributed by atoms with Crippen molar-refractivity contribution in [2.75, 3.05) is 18.6 Å². The number of nitro groups is 1. The van der Waals surface area contributed by atoms with E-state index in [0.717, 1.165) is 11.5 Å². The Balaban J connectivity index is 1.94. The molecule has 2 aromatic rings. The molecule has 0 amide bonds. The molecule has 7 nitrogen and oxygen atoms in total. The van der Waals surface area contributed by atoms with E-state index in [1.54, 1.807) is 18.2 Å². The number of aromatic nitrogens is 2. The number of nitrogens with one attached hydrogen (secondary N) is 1. The quantitative estimate of drug-likeness (QED) is 0.682.